The Balaban J connectivity index is 3.48. The lowest BCUT2D eigenvalue weighted by Gasteiger charge is -2.35. The first-order valence-electron chi connectivity index (χ1n) is 16.2. The topological polar surface area (TPSA) is 134 Å². The van der Waals surface area contributed by atoms with Crippen molar-refractivity contribution in [1.82, 2.24) is 20.9 Å². The van der Waals surface area contributed by atoms with Gasteiger partial charge in [-0.2, -0.15) is 0 Å². The van der Waals surface area contributed by atoms with E-state index in [1.807, 2.05) is 27.7 Å². The van der Waals surface area contributed by atoms with Crippen LogP contribution in [0, 0.1) is 5.92 Å². The van der Waals surface area contributed by atoms with Crippen molar-refractivity contribution in [3.8, 4) is 0 Å². The lowest BCUT2D eigenvalue weighted by molar-refractivity contribution is -0.145. The lowest BCUT2D eigenvalue weighted by atomic mass is 9.96. The number of halogens is 1. The molecule has 0 spiro atoms. The fourth-order valence-corrected chi connectivity index (χ4v) is 5.04. The molecule has 1 rings (SSSR count). The molecule has 0 aliphatic carbocycles. The highest BCUT2D eigenvalue weighted by atomic mass is 19.1. The number of alkyl carbamates (subject to hydrolysis) is 1. The molecule has 1 aliphatic rings. The van der Waals surface area contributed by atoms with Gasteiger partial charge in [0.15, 0.2) is 0 Å². The standard InChI is InChI=1S/C32H57FN4O6/c1-9-19-37-26(20-21(3)4)28(39)35-24(27(38)29(40)34-22(5)10-2)18-17-23(33)15-13-11-12-14-16-25(30(37)41)36-31(42)43-32(6,7)8/h21-26H,9-20H2,1-8H3,(H,34,40)(H,35,39)(H,36,42)/t22?,23?,24-,25-,26?/m0/s1. The molecule has 1 fully saturated rings. The second-order valence-corrected chi connectivity index (χ2v) is 13.3. The minimum absolute atomic E-state index is 0.00356. The number of nitrogens with one attached hydrogen (secondary N) is 3. The average molecular weight is 613 g/mol. The Labute approximate surface area is 258 Å². The third-order valence-electron chi connectivity index (χ3n) is 7.49. The molecule has 1 saturated heterocycles. The van der Waals surface area contributed by atoms with Crippen LogP contribution in [-0.2, 0) is 23.9 Å². The molecule has 3 unspecified atom stereocenters. The maximum atomic E-state index is 14.9. The van der Waals surface area contributed by atoms with Gasteiger partial charge in [0.2, 0.25) is 17.6 Å². The SMILES string of the molecule is CCCN1C(=O)[C@@H](NC(=O)OC(C)(C)C)CCCCCCC(F)CC[C@@H](C(=O)C(=O)NC(C)CC)NC(=O)C1CC(C)C. The van der Waals surface area contributed by atoms with E-state index in [1.54, 1.807) is 27.7 Å². The quantitative estimate of drug-likeness (QED) is 0.315. The van der Waals surface area contributed by atoms with E-state index in [1.165, 1.54) is 4.90 Å². The summed E-state index contributed by atoms with van der Waals surface area (Å²) in [7, 11) is 0. The van der Waals surface area contributed by atoms with Gasteiger partial charge in [-0.05, 0) is 78.6 Å². The summed E-state index contributed by atoms with van der Waals surface area (Å²) >= 11 is 0. The fourth-order valence-electron chi connectivity index (χ4n) is 5.04. The van der Waals surface area contributed by atoms with E-state index in [0.717, 1.165) is 12.8 Å². The molecule has 43 heavy (non-hydrogen) atoms. The van der Waals surface area contributed by atoms with Gasteiger partial charge in [-0.1, -0.05) is 53.4 Å². The third-order valence-corrected chi connectivity index (χ3v) is 7.49. The maximum absolute atomic E-state index is 14.9. The zero-order chi connectivity index (χ0) is 32.7. The molecule has 11 heteroatoms. The van der Waals surface area contributed by atoms with Crippen molar-refractivity contribution in [2.24, 2.45) is 5.92 Å². The van der Waals surface area contributed by atoms with Gasteiger partial charge in [-0.3, -0.25) is 19.2 Å². The summed E-state index contributed by atoms with van der Waals surface area (Å²) in [4.78, 5) is 68.2. The molecule has 0 aromatic rings. The Hall–Kier alpha value is -2.72. The van der Waals surface area contributed by atoms with E-state index in [2.05, 4.69) is 16.0 Å². The predicted molar refractivity (Wildman–Crippen MR) is 165 cm³/mol. The molecule has 0 aromatic carbocycles. The number of carbonyl (C=O) groups excluding carboxylic acids is 5. The fraction of sp³-hybridized carbons (Fsp3) is 0.844. The van der Waals surface area contributed by atoms with Gasteiger partial charge in [0.05, 0.1) is 6.04 Å². The van der Waals surface area contributed by atoms with Gasteiger partial charge in [0, 0.05) is 12.6 Å². The van der Waals surface area contributed by atoms with Crippen LogP contribution in [0.1, 0.15) is 126 Å². The molecule has 4 amide bonds. The molecule has 5 atom stereocenters. The predicted octanol–water partition coefficient (Wildman–Crippen LogP) is 4.97. The molecular formula is C32H57FN4O6. The molecule has 10 nitrogen and oxygen atoms in total. The van der Waals surface area contributed by atoms with E-state index in [4.69, 9.17) is 4.74 Å². The Kier molecular flexibility index (Phi) is 16.8. The highest BCUT2D eigenvalue weighted by Gasteiger charge is 2.37. The number of amides is 4. The van der Waals surface area contributed by atoms with Crippen LogP contribution >= 0.6 is 0 Å². The maximum Gasteiger partial charge on any atom is 0.408 e. The number of ketones is 1. The molecule has 0 radical (unpaired) electrons. The summed E-state index contributed by atoms with van der Waals surface area (Å²) in [5.41, 5.74) is -0.764. The number of ether oxygens (including phenoxy) is 1. The van der Waals surface area contributed by atoms with Gasteiger partial charge in [-0.15, -0.1) is 0 Å². The van der Waals surface area contributed by atoms with Gasteiger partial charge in [0.1, 0.15) is 23.9 Å². The second kappa shape index (κ2) is 18.8. The van der Waals surface area contributed by atoms with Crippen molar-refractivity contribution in [3.63, 3.8) is 0 Å². The molecule has 3 N–H and O–H groups in total. The first-order valence-corrected chi connectivity index (χ1v) is 16.2. The largest absolute Gasteiger partial charge is 0.444 e. The highest BCUT2D eigenvalue weighted by Crippen LogP contribution is 2.20. The molecule has 248 valence electrons. The Bertz CT molecular complexity index is 922. The zero-order valence-corrected chi connectivity index (χ0v) is 27.7. The zero-order valence-electron chi connectivity index (χ0n) is 27.7. The lowest BCUT2D eigenvalue weighted by Crippen LogP contribution is -2.59. The normalized spacial score (nSPS) is 24.2. The van der Waals surface area contributed by atoms with Crippen molar-refractivity contribution in [3.05, 3.63) is 0 Å². The Morgan fingerprint density at radius 3 is 2.19 bits per heavy atom. The van der Waals surface area contributed by atoms with Gasteiger partial charge < -0.3 is 25.6 Å². The molecule has 1 aliphatic heterocycles. The number of hydrogen-bond donors (Lipinski definition) is 3. The van der Waals surface area contributed by atoms with Crippen LogP contribution in [0.25, 0.3) is 0 Å². The highest BCUT2D eigenvalue weighted by molar-refractivity contribution is 6.38. The Morgan fingerprint density at radius 2 is 1.63 bits per heavy atom. The molecule has 0 saturated carbocycles. The van der Waals surface area contributed by atoms with Crippen LogP contribution in [0.15, 0.2) is 0 Å². The van der Waals surface area contributed by atoms with Crippen LogP contribution in [0.5, 0.6) is 0 Å². The van der Waals surface area contributed by atoms with Crippen molar-refractivity contribution in [2.75, 3.05) is 6.54 Å². The van der Waals surface area contributed by atoms with Crippen LogP contribution in [0.3, 0.4) is 0 Å². The van der Waals surface area contributed by atoms with Gasteiger partial charge >= 0.3 is 6.09 Å². The van der Waals surface area contributed by atoms with Gasteiger partial charge in [0.25, 0.3) is 5.91 Å². The molecule has 0 bridgehead atoms. The van der Waals surface area contributed by atoms with E-state index in [9.17, 15) is 28.4 Å². The van der Waals surface area contributed by atoms with E-state index in [-0.39, 0.29) is 31.3 Å². The monoisotopic (exact) mass is 612 g/mol. The van der Waals surface area contributed by atoms with Crippen molar-refractivity contribution >= 4 is 29.6 Å². The number of Topliss-reactive ketones (excluding diaryl/α,β-unsaturated/α-hetero) is 1. The summed E-state index contributed by atoms with van der Waals surface area (Å²) in [6.07, 6.45) is 2.94. The minimum Gasteiger partial charge on any atom is -0.444 e. The second-order valence-electron chi connectivity index (χ2n) is 13.3. The van der Waals surface area contributed by atoms with Crippen molar-refractivity contribution < 1.29 is 33.1 Å². The number of alkyl halides is 1. The first kappa shape index (κ1) is 38.3. The van der Waals surface area contributed by atoms with Crippen LogP contribution < -0.4 is 16.0 Å². The number of rotatable bonds is 9. The van der Waals surface area contributed by atoms with Crippen LogP contribution in [-0.4, -0.2) is 77.0 Å². The van der Waals surface area contributed by atoms with Crippen LogP contribution in [0.2, 0.25) is 0 Å². The molecule has 0 aromatic heterocycles. The number of carbonyl (C=O) groups is 5. The molecule has 1 heterocycles. The van der Waals surface area contributed by atoms with Crippen LogP contribution in [0.4, 0.5) is 9.18 Å². The number of hydrogen-bond acceptors (Lipinski definition) is 6. The third kappa shape index (κ3) is 14.5. The molecular weight excluding hydrogens is 555 g/mol. The summed E-state index contributed by atoms with van der Waals surface area (Å²) in [6.45, 7) is 14.8. The van der Waals surface area contributed by atoms with Crippen molar-refractivity contribution in [1.29, 1.82) is 0 Å². The summed E-state index contributed by atoms with van der Waals surface area (Å²) in [5.74, 6) is -2.63. The van der Waals surface area contributed by atoms with Crippen molar-refractivity contribution in [2.45, 2.75) is 162 Å². The summed E-state index contributed by atoms with van der Waals surface area (Å²) in [5, 5.41) is 8.09. The van der Waals surface area contributed by atoms with E-state index in [0.29, 0.717) is 44.9 Å². The smallest absolute Gasteiger partial charge is 0.408 e. The first-order chi connectivity index (χ1) is 20.1. The minimum atomic E-state index is -1.23. The summed E-state index contributed by atoms with van der Waals surface area (Å²) in [6, 6.07) is -3.36. The summed E-state index contributed by atoms with van der Waals surface area (Å²) < 4.78 is 20.3. The van der Waals surface area contributed by atoms with E-state index >= 15 is 0 Å². The van der Waals surface area contributed by atoms with E-state index < -0.39 is 59.5 Å². The van der Waals surface area contributed by atoms with Gasteiger partial charge in [-0.25, -0.2) is 9.18 Å². The number of nitrogens with zero attached hydrogens (tertiary/aromatic N) is 1. The Morgan fingerprint density at radius 1 is 1.00 bits per heavy atom. The average Bonchev–Trinajstić information content (AvgIpc) is 2.91.